The number of unbranched alkanes of at least 4 members (excludes halogenated alkanes) is 2. The lowest BCUT2D eigenvalue weighted by atomic mass is 10.2. The Morgan fingerprint density at radius 3 is 2.64 bits per heavy atom. The van der Waals surface area contributed by atoms with Crippen LogP contribution in [0.3, 0.4) is 0 Å². The number of hydrogen-bond donors (Lipinski definition) is 2. The van der Waals surface area contributed by atoms with Gasteiger partial charge in [0.2, 0.25) is 0 Å². The molecule has 7 nitrogen and oxygen atoms in total. The van der Waals surface area contributed by atoms with E-state index in [0.29, 0.717) is 39.8 Å². The number of rotatable bonds is 17. The first-order valence-corrected chi connectivity index (χ1v) is 8.04. The summed E-state index contributed by atoms with van der Waals surface area (Å²) >= 11 is 0. The highest BCUT2D eigenvalue weighted by Crippen LogP contribution is 1.94. The van der Waals surface area contributed by atoms with Crippen molar-refractivity contribution in [2.75, 3.05) is 59.5 Å². The standard InChI is InChI=1S/C15H32N4O3/c1-2-20-11-5-3-4-7-18-14-22-13-10-17-8-9-19-15-21-12-6-16/h8-9,18H,2-7,10-16H2,1H3. The van der Waals surface area contributed by atoms with E-state index in [1.165, 1.54) is 6.42 Å². The van der Waals surface area contributed by atoms with Crippen molar-refractivity contribution in [3.63, 3.8) is 0 Å². The van der Waals surface area contributed by atoms with Gasteiger partial charge in [0, 0.05) is 32.2 Å². The van der Waals surface area contributed by atoms with Crippen LogP contribution in [-0.4, -0.2) is 72.0 Å². The van der Waals surface area contributed by atoms with Crippen molar-refractivity contribution in [2.24, 2.45) is 15.7 Å². The molecule has 0 rings (SSSR count). The predicted molar refractivity (Wildman–Crippen MR) is 90.9 cm³/mol. The maximum Gasteiger partial charge on any atom is 0.137 e. The molecule has 0 fully saturated rings. The van der Waals surface area contributed by atoms with Crippen LogP contribution < -0.4 is 11.1 Å². The molecule has 0 amide bonds. The van der Waals surface area contributed by atoms with Crippen molar-refractivity contribution < 1.29 is 14.2 Å². The van der Waals surface area contributed by atoms with Crippen molar-refractivity contribution in [1.29, 1.82) is 0 Å². The van der Waals surface area contributed by atoms with Crippen LogP contribution in [0.1, 0.15) is 26.2 Å². The van der Waals surface area contributed by atoms with Crippen molar-refractivity contribution in [3.05, 3.63) is 0 Å². The van der Waals surface area contributed by atoms with Gasteiger partial charge in [0.15, 0.2) is 0 Å². The van der Waals surface area contributed by atoms with E-state index in [1.807, 2.05) is 6.92 Å². The van der Waals surface area contributed by atoms with E-state index in [4.69, 9.17) is 19.9 Å². The Bertz CT molecular complexity index is 263. The number of ether oxygens (including phenoxy) is 3. The van der Waals surface area contributed by atoms with Gasteiger partial charge < -0.3 is 19.9 Å². The molecule has 0 aromatic carbocycles. The first-order chi connectivity index (χ1) is 10.9. The molecule has 0 aliphatic carbocycles. The fourth-order valence-corrected chi connectivity index (χ4v) is 1.52. The zero-order valence-electron chi connectivity index (χ0n) is 13.8. The molecule has 3 N–H and O–H groups in total. The number of hydrogen-bond acceptors (Lipinski definition) is 7. The Balaban J connectivity index is 3.10. The third-order valence-electron chi connectivity index (χ3n) is 2.62. The summed E-state index contributed by atoms with van der Waals surface area (Å²) in [5, 5.41) is 3.24. The van der Waals surface area contributed by atoms with Crippen LogP contribution in [-0.2, 0) is 14.2 Å². The van der Waals surface area contributed by atoms with Gasteiger partial charge in [-0.2, -0.15) is 0 Å². The van der Waals surface area contributed by atoms with Crippen molar-refractivity contribution in [2.45, 2.75) is 26.2 Å². The summed E-state index contributed by atoms with van der Waals surface area (Å²) < 4.78 is 15.8. The molecule has 0 aromatic rings. The fraction of sp³-hybridized carbons (Fsp3) is 0.867. The van der Waals surface area contributed by atoms with Gasteiger partial charge in [0.05, 0.1) is 26.5 Å². The minimum absolute atomic E-state index is 0.328. The molecule has 22 heavy (non-hydrogen) atoms. The normalized spacial score (nSPS) is 11.9. The topological polar surface area (TPSA) is 90.5 Å². The van der Waals surface area contributed by atoms with Crippen LogP contribution in [0.2, 0.25) is 0 Å². The van der Waals surface area contributed by atoms with Crippen LogP contribution >= 0.6 is 0 Å². The van der Waals surface area contributed by atoms with Gasteiger partial charge in [-0.1, -0.05) is 0 Å². The Hall–Kier alpha value is -0.860. The maximum atomic E-state index is 5.41. The minimum Gasteiger partial charge on any atom is -0.382 e. The van der Waals surface area contributed by atoms with E-state index in [0.717, 1.165) is 32.6 Å². The molecule has 130 valence electrons. The molecule has 0 bridgehead atoms. The van der Waals surface area contributed by atoms with Crippen LogP contribution in [0.5, 0.6) is 0 Å². The third-order valence-corrected chi connectivity index (χ3v) is 2.62. The molecule has 0 heterocycles. The average molecular weight is 316 g/mol. The number of nitrogens with zero attached hydrogens (tertiary/aromatic N) is 2. The van der Waals surface area contributed by atoms with Gasteiger partial charge in [-0.25, -0.2) is 0 Å². The zero-order chi connectivity index (χ0) is 16.1. The highest BCUT2D eigenvalue weighted by atomic mass is 16.5. The lowest BCUT2D eigenvalue weighted by molar-refractivity contribution is 0.122. The molecule has 0 saturated heterocycles. The van der Waals surface area contributed by atoms with Crippen LogP contribution in [0.25, 0.3) is 0 Å². The first kappa shape index (κ1) is 21.1. The van der Waals surface area contributed by atoms with Crippen molar-refractivity contribution in [3.8, 4) is 0 Å². The van der Waals surface area contributed by atoms with Crippen LogP contribution in [0.15, 0.2) is 9.98 Å². The molecular formula is C15H32N4O3. The molecule has 0 aliphatic rings. The van der Waals surface area contributed by atoms with E-state index in [-0.39, 0.29) is 0 Å². The Labute approximate surface area is 134 Å². The molecule has 0 saturated carbocycles. The summed E-state index contributed by atoms with van der Waals surface area (Å²) in [7, 11) is 0. The van der Waals surface area contributed by atoms with E-state index in [1.54, 1.807) is 12.4 Å². The van der Waals surface area contributed by atoms with Gasteiger partial charge in [-0.05, 0) is 32.7 Å². The maximum absolute atomic E-state index is 5.41. The number of nitrogens with one attached hydrogen (secondary N) is 1. The quantitative estimate of drug-likeness (QED) is 0.236. The summed E-state index contributed by atoms with van der Waals surface area (Å²) in [6.45, 7) is 7.85. The number of aliphatic imine (C=N–C) groups is 2. The van der Waals surface area contributed by atoms with Gasteiger partial charge in [0.25, 0.3) is 0 Å². The first-order valence-electron chi connectivity index (χ1n) is 8.04. The molecular weight excluding hydrogens is 284 g/mol. The molecule has 0 aromatic heterocycles. The second-order valence-electron chi connectivity index (χ2n) is 4.52. The second kappa shape index (κ2) is 20.1. The van der Waals surface area contributed by atoms with Gasteiger partial charge in [-0.3, -0.25) is 15.3 Å². The van der Waals surface area contributed by atoms with Crippen molar-refractivity contribution >= 4 is 12.4 Å². The molecule has 0 radical (unpaired) electrons. The monoisotopic (exact) mass is 316 g/mol. The zero-order valence-corrected chi connectivity index (χ0v) is 13.8. The summed E-state index contributed by atoms with van der Waals surface area (Å²) in [6, 6.07) is 0. The van der Waals surface area contributed by atoms with Gasteiger partial charge in [-0.15, -0.1) is 0 Å². The molecule has 7 heteroatoms. The van der Waals surface area contributed by atoms with Gasteiger partial charge >= 0.3 is 0 Å². The largest absolute Gasteiger partial charge is 0.382 e. The van der Waals surface area contributed by atoms with E-state index >= 15 is 0 Å². The van der Waals surface area contributed by atoms with Crippen LogP contribution in [0.4, 0.5) is 0 Å². The smallest absolute Gasteiger partial charge is 0.137 e. The molecule has 0 spiro atoms. The molecule has 0 unspecified atom stereocenters. The third kappa shape index (κ3) is 19.1. The lowest BCUT2D eigenvalue weighted by Gasteiger charge is -2.05. The minimum atomic E-state index is 0.328. The van der Waals surface area contributed by atoms with Crippen LogP contribution in [0, 0.1) is 0 Å². The van der Waals surface area contributed by atoms with E-state index in [2.05, 4.69) is 15.3 Å². The lowest BCUT2D eigenvalue weighted by Crippen LogP contribution is -2.20. The average Bonchev–Trinajstić information content (AvgIpc) is 2.54. The van der Waals surface area contributed by atoms with Gasteiger partial charge in [0.1, 0.15) is 6.73 Å². The highest BCUT2D eigenvalue weighted by Gasteiger charge is 1.90. The SMILES string of the molecule is CCOCCCCCNCOCCN=CC=NCOCCN. The molecule has 0 aliphatic heterocycles. The summed E-state index contributed by atoms with van der Waals surface area (Å²) in [6.07, 6.45) is 6.74. The van der Waals surface area contributed by atoms with E-state index in [9.17, 15) is 0 Å². The molecule has 0 atom stereocenters. The van der Waals surface area contributed by atoms with Crippen molar-refractivity contribution in [1.82, 2.24) is 5.32 Å². The predicted octanol–water partition coefficient (Wildman–Crippen LogP) is 0.831. The Morgan fingerprint density at radius 1 is 0.955 bits per heavy atom. The fourth-order valence-electron chi connectivity index (χ4n) is 1.52. The summed E-state index contributed by atoms with van der Waals surface area (Å²) in [4.78, 5) is 8.13. The summed E-state index contributed by atoms with van der Waals surface area (Å²) in [5.41, 5.74) is 5.27. The number of nitrogens with two attached hydrogens (primary N) is 1. The van der Waals surface area contributed by atoms with E-state index < -0.39 is 0 Å². The Morgan fingerprint density at radius 2 is 1.82 bits per heavy atom. The second-order valence-corrected chi connectivity index (χ2v) is 4.52. The highest BCUT2D eigenvalue weighted by molar-refractivity contribution is 6.15. The Kier molecular flexibility index (Phi) is 19.4. The summed E-state index contributed by atoms with van der Waals surface area (Å²) in [5.74, 6) is 0.